The summed E-state index contributed by atoms with van der Waals surface area (Å²) in [6.45, 7) is 14.7. The third-order valence-corrected chi connectivity index (χ3v) is 7.12. The van der Waals surface area contributed by atoms with Gasteiger partial charge in [-0.1, -0.05) is 53.4 Å². The summed E-state index contributed by atoms with van der Waals surface area (Å²) in [5.41, 5.74) is -0.146. The molecule has 0 aliphatic carbocycles. The van der Waals surface area contributed by atoms with E-state index in [1.54, 1.807) is 0 Å². The number of unbranched alkanes of at least 4 members (excludes halogenated alkanes) is 4. The molecule has 12 heteroatoms. The van der Waals surface area contributed by atoms with E-state index >= 15 is 0 Å². The summed E-state index contributed by atoms with van der Waals surface area (Å²) in [5, 5.41) is 19.2. The number of hydrogen-bond donors (Lipinski definition) is 2. The first-order valence-corrected chi connectivity index (χ1v) is 16.0. The maximum Gasteiger partial charge on any atom is 0.303 e. The first-order valence-electron chi connectivity index (χ1n) is 14.4. The van der Waals surface area contributed by atoms with Gasteiger partial charge in [-0.2, -0.15) is 8.42 Å². The molecule has 2 N–H and O–H groups in total. The Labute approximate surface area is 240 Å². The lowest BCUT2D eigenvalue weighted by Crippen LogP contribution is -2.50. The van der Waals surface area contributed by atoms with E-state index in [-0.39, 0.29) is 36.7 Å². The molecule has 11 nitrogen and oxygen atoms in total. The Balaban J connectivity index is 0.000000799. The Morgan fingerprint density at radius 1 is 0.900 bits per heavy atom. The highest BCUT2D eigenvalue weighted by Crippen LogP contribution is 2.19. The molecule has 0 unspecified atom stereocenters. The van der Waals surface area contributed by atoms with Crippen LogP contribution in [0.3, 0.4) is 0 Å². The van der Waals surface area contributed by atoms with Crippen LogP contribution in [0.25, 0.3) is 0 Å². The van der Waals surface area contributed by atoms with Crippen LogP contribution < -0.4 is 4.74 Å². The van der Waals surface area contributed by atoms with Gasteiger partial charge in [0, 0.05) is 18.6 Å². The monoisotopic (exact) mass is 588 g/mol. The van der Waals surface area contributed by atoms with Crippen LogP contribution in [-0.4, -0.2) is 77.8 Å². The van der Waals surface area contributed by atoms with Crippen molar-refractivity contribution in [2.75, 3.05) is 38.5 Å². The molecule has 1 aromatic carbocycles. The fraction of sp³-hybridized carbons (Fsp3) is 0.714. The number of carboxylic acid groups (broad SMARTS) is 1. The number of quaternary nitrogens is 1. The molecular formula is C28H50N3O8S+. The Kier molecular flexibility index (Phi) is 19.9. The minimum absolute atomic E-state index is 0.0510. The normalized spacial score (nSPS) is 12.0. The van der Waals surface area contributed by atoms with Gasteiger partial charge in [0.15, 0.2) is 5.90 Å². The lowest BCUT2D eigenvalue weighted by molar-refractivity contribution is -0.929. The third kappa shape index (κ3) is 18.7. The largest absolute Gasteiger partial charge is 0.481 e. The summed E-state index contributed by atoms with van der Waals surface area (Å²) in [7, 11) is -4.19. The van der Waals surface area contributed by atoms with E-state index in [0.717, 1.165) is 0 Å². The van der Waals surface area contributed by atoms with Crippen LogP contribution in [0, 0.1) is 10.1 Å². The van der Waals surface area contributed by atoms with Crippen LogP contribution in [0.15, 0.2) is 29.3 Å². The lowest BCUT2D eigenvalue weighted by atomic mass is 10.1. The number of nitrogens with zero attached hydrogens (tertiary/aromatic N) is 3. The maximum atomic E-state index is 10.6. The van der Waals surface area contributed by atoms with Gasteiger partial charge in [-0.25, -0.2) is 0 Å². The zero-order valence-electron chi connectivity index (χ0n) is 24.7. The molecule has 0 radical (unpaired) electrons. The zero-order valence-corrected chi connectivity index (χ0v) is 25.5. The first-order chi connectivity index (χ1) is 18.9. The van der Waals surface area contributed by atoms with Gasteiger partial charge >= 0.3 is 5.97 Å². The summed E-state index contributed by atoms with van der Waals surface area (Å²) in [4.78, 5) is 24.3. The molecule has 0 atom stereocenters. The van der Waals surface area contributed by atoms with E-state index in [1.807, 2.05) is 0 Å². The molecule has 0 aliphatic rings. The molecule has 1 rings (SSSR count). The average Bonchev–Trinajstić information content (AvgIpc) is 2.90. The predicted molar refractivity (Wildman–Crippen MR) is 159 cm³/mol. The van der Waals surface area contributed by atoms with E-state index in [2.05, 4.69) is 32.7 Å². The summed E-state index contributed by atoms with van der Waals surface area (Å²) < 4.78 is 36.6. The van der Waals surface area contributed by atoms with E-state index in [0.29, 0.717) is 0 Å². The number of rotatable bonds is 20. The lowest BCUT2D eigenvalue weighted by Gasteiger charge is -2.39. The zero-order chi connectivity index (χ0) is 30.4. The first kappa shape index (κ1) is 37.4. The molecule has 0 saturated heterocycles. The third-order valence-electron chi connectivity index (χ3n) is 6.42. The van der Waals surface area contributed by atoms with Crippen LogP contribution in [0.1, 0.15) is 91.9 Å². The van der Waals surface area contributed by atoms with Crippen molar-refractivity contribution >= 4 is 27.7 Å². The summed E-state index contributed by atoms with van der Waals surface area (Å²) >= 11 is 0. The van der Waals surface area contributed by atoms with Gasteiger partial charge in [-0.3, -0.25) is 24.5 Å². The van der Waals surface area contributed by atoms with Crippen molar-refractivity contribution in [1.82, 2.24) is 0 Å². The van der Waals surface area contributed by atoms with Crippen molar-refractivity contribution in [2.24, 2.45) is 4.99 Å². The molecule has 0 aliphatic heterocycles. The highest BCUT2D eigenvalue weighted by Gasteiger charge is 2.24. The number of carbonyl (C=O) groups is 1. The van der Waals surface area contributed by atoms with Gasteiger partial charge in [-0.15, -0.1) is 0 Å². The second kappa shape index (κ2) is 21.2. The Morgan fingerprint density at radius 2 is 1.35 bits per heavy atom. The molecule has 1 aromatic rings. The Hall–Kier alpha value is -2.57. The molecular weight excluding hydrogens is 538 g/mol. The SMILES string of the molecule is CCCC[N+](CCCC)(CCCC)CCCC.O=C(O)CCC(=NCCS(=O)(=O)O)Oc1ccc([N+](=O)[O-])cc1. The predicted octanol–water partition coefficient (Wildman–Crippen LogP) is 6.13. The molecule has 0 spiro atoms. The standard InChI is InChI=1S/C16H36N.C12H14N2O8S/c1-5-9-13-17(14-10-6-2,15-11-7-3)16-12-8-4;15-12(16)6-5-11(13-7-8-23(19,20)21)22-10-3-1-9(2-4-10)14(17)18/h5-16H2,1-4H3;1-4H,5-8H2,(H,15,16)(H,19,20,21)/q+1;. The van der Waals surface area contributed by atoms with Crippen molar-refractivity contribution in [3.63, 3.8) is 0 Å². The number of hydrogen-bond acceptors (Lipinski definition) is 7. The average molecular weight is 589 g/mol. The number of carboxylic acids is 1. The van der Waals surface area contributed by atoms with Gasteiger partial charge in [0.2, 0.25) is 0 Å². The summed E-state index contributed by atoms with van der Waals surface area (Å²) in [6.07, 6.45) is 10.7. The van der Waals surface area contributed by atoms with Gasteiger partial charge in [0.05, 0.1) is 49.8 Å². The van der Waals surface area contributed by atoms with Crippen LogP contribution in [0.4, 0.5) is 5.69 Å². The van der Waals surface area contributed by atoms with Crippen LogP contribution in [-0.2, 0) is 14.9 Å². The number of nitro groups is 1. The summed E-state index contributed by atoms with van der Waals surface area (Å²) in [5.74, 6) is -1.59. The van der Waals surface area contributed by atoms with Crippen molar-refractivity contribution in [1.29, 1.82) is 0 Å². The van der Waals surface area contributed by atoms with E-state index in [9.17, 15) is 23.3 Å². The van der Waals surface area contributed by atoms with Gasteiger partial charge in [0.1, 0.15) is 5.75 Å². The highest BCUT2D eigenvalue weighted by atomic mass is 32.2. The van der Waals surface area contributed by atoms with Gasteiger partial charge < -0.3 is 14.3 Å². The molecule has 40 heavy (non-hydrogen) atoms. The van der Waals surface area contributed by atoms with Crippen molar-refractivity contribution < 1.29 is 37.0 Å². The minimum Gasteiger partial charge on any atom is -0.481 e. The second-order valence-corrected chi connectivity index (χ2v) is 11.5. The van der Waals surface area contributed by atoms with Crippen molar-refractivity contribution in [3.8, 4) is 5.75 Å². The highest BCUT2D eigenvalue weighted by molar-refractivity contribution is 7.85. The summed E-state index contributed by atoms with van der Waals surface area (Å²) in [6, 6.07) is 5.00. The molecule has 0 saturated carbocycles. The molecule has 0 heterocycles. The number of non-ortho nitro benzene ring substituents is 1. The smallest absolute Gasteiger partial charge is 0.303 e. The van der Waals surface area contributed by atoms with Crippen LogP contribution >= 0.6 is 0 Å². The Bertz CT molecular complexity index is 944. The fourth-order valence-corrected chi connectivity index (χ4v) is 4.40. The van der Waals surface area contributed by atoms with E-state index < -0.39 is 26.8 Å². The van der Waals surface area contributed by atoms with Crippen molar-refractivity contribution in [3.05, 3.63) is 34.4 Å². The fourth-order valence-electron chi connectivity index (χ4n) is 4.08. The molecule has 0 bridgehead atoms. The van der Waals surface area contributed by atoms with Gasteiger partial charge in [-0.05, 0) is 37.8 Å². The maximum absolute atomic E-state index is 10.6. The quantitative estimate of drug-likeness (QED) is 0.0460. The molecule has 0 fully saturated rings. The second-order valence-electron chi connectivity index (χ2n) is 9.96. The number of nitro benzene ring substituents is 1. The Morgan fingerprint density at radius 3 is 1.70 bits per heavy atom. The van der Waals surface area contributed by atoms with Crippen LogP contribution in [0.2, 0.25) is 0 Å². The van der Waals surface area contributed by atoms with Gasteiger partial charge in [0.25, 0.3) is 15.8 Å². The number of ether oxygens (including phenoxy) is 1. The van der Waals surface area contributed by atoms with Crippen LogP contribution in [0.5, 0.6) is 5.75 Å². The number of benzene rings is 1. The van der Waals surface area contributed by atoms with E-state index in [4.69, 9.17) is 14.4 Å². The minimum atomic E-state index is -4.19. The molecule has 0 aromatic heterocycles. The topological polar surface area (TPSA) is 156 Å². The number of aliphatic imine (C=N–C) groups is 1. The van der Waals surface area contributed by atoms with E-state index in [1.165, 1.54) is 106 Å². The van der Waals surface area contributed by atoms with Crippen molar-refractivity contribution in [2.45, 2.75) is 91.9 Å². The number of aliphatic carboxylic acids is 1. The molecule has 0 amide bonds. The molecule has 230 valence electrons.